The highest BCUT2D eigenvalue weighted by Gasteiger charge is 2.26. The molecular formula is C9H15N3OS. The standard InChI is InChI=1S/C9H15N3OS/c1-9(2-4-13-5-3-9)10-6-8-7-14-12-11-8/h7,10H,2-6H2,1H3. The van der Waals surface area contributed by atoms with E-state index in [4.69, 9.17) is 4.74 Å². The summed E-state index contributed by atoms with van der Waals surface area (Å²) < 4.78 is 9.17. The molecule has 1 aliphatic heterocycles. The largest absolute Gasteiger partial charge is 0.381 e. The van der Waals surface area contributed by atoms with Gasteiger partial charge in [0.25, 0.3) is 0 Å². The van der Waals surface area contributed by atoms with Crippen molar-refractivity contribution >= 4 is 11.5 Å². The fourth-order valence-corrected chi connectivity index (χ4v) is 2.01. The van der Waals surface area contributed by atoms with E-state index in [0.29, 0.717) is 0 Å². The van der Waals surface area contributed by atoms with Crippen molar-refractivity contribution < 1.29 is 4.74 Å². The molecule has 78 valence electrons. The van der Waals surface area contributed by atoms with Crippen LogP contribution >= 0.6 is 11.5 Å². The van der Waals surface area contributed by atoms with Crippen molar-refractivity contribution in [1.29, 1.82) is 0 Å². The molecule has 1 N–H and O–H groups in total. The molecule has 0 aliphatic carbocycles. The molecular weight excluding hydrogens is 198 g/mol. The van der Waals surface area contributed by atoms with E-state index in [-0.39, 0.29) is 5.54 Å². The van der Waals surface area contributed by atoms with Gasteiger partial charge in [0, 0.05) is 30.7 Å². The zero-order valence-electron chi connectivity index (χ0n) is 8.32. The number of aromatic nitrogens is 2. The van der Waals surface area contributed by atoms with Crippen LogP contribution in [0.5, 0.6) is 0 Å². The summed E-state index contributed by atoms with van der Waals surface area (Å²) in [6.45, 7) is 4.78. The van der Waals surface area contributed by atoms with Crippen LogP contribution in [0.4, 0.5) is 0 Å². The van der Waals surface area contributed by atoms with Crippen LogP contribution in [0, 0.1) is 0 Å². The second kappa shape index (κ2) is 4.33. The summed E-state index contributed by atoms with van der Waals surface area (Å²) in [5, 5.41) is 9.51. The molecule has 1 aliphatic rings. The number of ether oxygens (including phenoxy) is 1. The lowest BCUT2D eigenvalue weighted by Crippen LogP contribution is -2.46. The number of rotatable bonds is 3. The van der Waals surface area contributed by atoms with E-state index >= 15 is 0 Å². The first-order valence-electron chi connectivity index (χ1n) is 4.87. The summed E-state index contributed by atoms with van der Waals surface area (Å²) in [5.74, 6) is 0. The Hall–Kier alpha value is -0.520. The number of hydrogen-bond donors (Lipinski definition) is 1. The van der Waals surface area contributed by atoms with Crippen LogP contribution in [0.3, 0.4) is 0 Å². The van der Waals surface area contributed by atoms with Gasteiger partial charge in [-0.2, -0.15) is 0 Å². The maximum atomic E-state index is 5.34. The Balaban J connectivity index is 1.84. The summed E-state index contributed by atoms with van der Waals surface area (Å²) in [6.07, 6.45) is 2.15. The van der Waals surface area contributed by atoms with Gasteiger partial charge in [-0.05, 0) is 31.3 Å². The summed E-state index contributed by atoms with van der Waals surface area (Å²) >= 11 is 1.40. The second-order valence-corrected chi connectivity index (χ2v) is 4.53. The van der Waals surface area contributed by atoms with Crippen molar-refractivity contribution in [2.45, 2.75) is 31.8 Å². The van der Waals surface area contributed by atoms with Gasteiger partial charge in [0.15, 0.2) is 0 Å². The molecule has 0 unspecified atom stereocenters. The molecule has 0 amide bonds. The normalized spacial score (nSPS) is 20.9. The van der Waals surface area contributed by atoms with Gasteiger partial charge >= 0.3 is 0 Å². The van der Waals surface area contributed by atoms with E-state index in [1.165, 1.54) is 11.5 Å². The highest BCUT2D eigenvalue weighted by atomic mass is 32.1. The first-order valence-corrected chi connectivity index (χ1v) is 5.71. The molecule has 14 heavy (non-hydrogen) atoms. The minimum Gasteiger partial charge on any atom is -0.381 e. The maximum Gasteiger partial charge on any atom is 0.0893 e. The smallest absolute Gasteiger partial charge is 0.0893 e. The van der Waals surface area contributed by atoms with Crippen molar-refractivity contribution in [3.8, 4) is 0 Å². The molecule has 1 aromatic rings. The van der Waals surface area contributed by atoms with E-state index in [9.17, 15) is 0 Å². The van der Waals surface area contributed by atoms with Gasteiger partial charge in [0.1, 0.15) is 0 Å². The number of nitrogens with one attached hydrogen (secondary N) is 1. The van der Waals surface area contributed by atoms with Gasteiger partial charge in [-0.1, -0.05) is 4.49 Å². The Labute approximate surface area is 87.8 Å². The third kappa shape index (κ3) is 2.50. The molecule has 1 aromatic heterocycles. The van der Waals surface area contributed by atoms with Gasteiger partial charge in [0.05, 0.1) is 5.69 Å². The van der Waals surface area contributed by atoms with E-state index in [1.807, 2.05) is 5.38 Å². The lowest BCUT2D eigenvalue weighted by Gasteiger charge is -2.34. The Morgan fingerprint density at radius 1 is 1.57 bits per heavy atom. The van der Waals surface area contributed by atoms with Gasteiger partial charge in [-0.15, -0.1) is 5.10 Å². The van der Waals surface area contributed by atoms with Crippen molar-refractivity contribution in [2.24, 2.45) is 0 Å². The van der Waals surface area contributed by atoms with E-state index in [0.717, 1.165) is 38.3 Å². The predicted molar refractivity (Wildman–Crippen MR) is 55.2 cm³/mol. The molecule has 5 heteroatoms. The lowest BCUT2D eigenvalue weighted by molar-refractivity contribution is 0.0445. The maximum absolute atomic E-state index is 5.34. The van der Waals surface area contributed by atoms with Gasteiger partial charge in [-0.25, -0.2) is 0 Å². The first kappa shape index (κ1) is 10.0. The molecule has 0 aromatic carbocycles. The lowest BCUT2D eigenvalue weighted by atomic mass is 9.92. The first-order chi connectivity index (χ1) is 6.79. The van der Waals surface area contributed by atoms with Crippen molar-refractivity contribution in [3.63, 3.8) is 0 Å². The fraction of sp³-hybridized carbons (Fsp3) is 0.778. The zero-order chi connectivity index (χ0) is 9.86. The van der Waals surface area contributed by atoms with Gasteiger partial charge < -0.3 is 10.1 Å². The predicted octanol–water partition coefficient (Wildman–Crippen LogP) is 1.20. The van der Waals surface area contributed by atoms with Crippen LogP contribution in [-0.4, -0.2) is 28.3 Å². The van der Waals surface area contributed by atoms with E-state index < -0.39 is 0 Å². The molecule has 2 rings (SSSR count). The third-order valence-corrected chi connectivity index (χ3v) is 3.25. The van der Waals surface area contributed by atoms with E-state index in [1.54, 1.807) is 0 Å². The third-order valence-electron chi connectivity index (χ3n) is 2.70. The highest BCUT2D eigenvalue weighted by molar-refractivity contribution is 7.03. The molecule has 0 radical (unpaired) electrons. The Kier molecular flexibility index (Phi) is 3.10. The van der Waals surface area contributed by atoms with Crippen molar-refractivity contribution in [2.75, 3.05) is 13.2 Å². The average molecular weight is 213 g/mol. The summed E-state index contributed by atoms with van der Waals surface area (Å²) in [6, 6.07) is 0. The highest BCUT2D eigenvalue weighted by Crippen LogP contribution is 2.20. The zero-order valence-corrected chi connectivity index (χ0v) is 9.14. The quantitative estimate of drug-likeness (QED) is 0.819. The monoisotopic (exact) mass is 213 g/mol. The molecule has 4 nitrogen and oxygen atoms in total. The average Bonchev–Trinajstić information content (AvgIpc) is 2.69. The van der Waals surface area contributed by atoms with Crippen molar-refractivity contribution in [3.05, 3.63) is 11.1 Å². The molecule has 1 fully saturated rings. The molecule has 0 bridgehead atoms. The van der Waals surface area contributed by atoms with Gasteiger partial charge in [-0.3, -0.25) is 0 Å². The van der Waals surface area contributed by atoms with Crippen LogP contribution in [0.25, 0.3) is 0 Å². The molecule has 0 spiro atoms. The van der Waals surface area contributed by atoms with Crippen LogP contribution in [0.2, 0.25) is 0 Å². The number of hydrogen-bond acceptors (Lipinski definition) is 5. The molecule has 0 saturated carbocycles. The minimum atomic E-state index is 0.210. The Morgan fingerprint density at radius 2 is 2.36 bits per heavy atom. The molecule has 1 saturated heterocycles. The van der Waals surface area contributed by atoms with Crippen LogP contribution in [0.15, 0.2) is 5.38 Å². The summed E-state index contributed by atoms with van der Waals surface area (Å²) in [4.78, 5) is 0. The molecule has 2 heterocycles. The van der Waals surface area contributed by atoms with Crippen molar-refractivity contribution in [1.82, 2.24) is 14.9 Å². The van der Waals surface area contributed by atoms with Gasteiger partial charge in [0.2, 0.25) is 0 Å². The van der Waals surface area contributed by atoms with E-state index in [2.05, 4.69) is 21.8 Å². The summed E-state index contributed by atoms with van der Waals surface area (Å²) in [7, 11) is 0. The van der Waals surface area contributed by atoms with Crippen LogP contribution in [0.1, 0.15) is 25.5 Å². The topological polar surface area (TPSA) is 47.0 Å². The van der Waals surface area contributed by atoms with Crippen LogP contribution < -0.4 is 5.32 Å². The molecule has 0 atom stereocenters. The van der Waals surface area contributed by atoms with Crippen LogP contribution in [-0.2, 0) is 11.3 Å². The SMILES string of the molecule is CC1(NCc2csnn2)CCOCC1. The minimum absolute atomic E-state index is 0.210. The Bertz CT molecular complexity index is 270. The second-order valence-electron chi connectivity index (χ2n) is 3.92. The number of nitrogens with zero attached hydrogens (tertiary/aromatic N) is 2. The summed E-state index contributed by atoms with van der Waals surface area (Å²) in [5.41, 5.74) is 1.24. The Morgan fingerprint density at radius 3 is 3.00 bits per heavy atom. The fourth-order valence-electron chi connectivity index (χ4n) is 1.56.